The number of nitrogens with zero attached hydrogens (tertiary/aromatic N) is 1. The molecule has 2 rings (SSSR count). The first-order valence-corrected chi connectivity index (χ1v) is 9.48. The zero-order valence-electron chi connectivity index (χ0n) is 16.5. The Balaban J connectivity index is 1.82. The third kappa shape index (κ3) is 7.07. The lowest BCUT2D eigenvalue weighted by molar-refractivity contribution is -0.134. The highest BCUT2D eigenvalue weighted by Crippen LogP contribution is 2.23. The average Bonchev–Trinajstić information content (AvgIpc) is 2.52. The van der Waals surface area contributed by atoms with Crippen molar-refractivity contribution in [3.05, 3.63) is 29.8 Å². The molecule has 1 N–H and O–H groups in total. The fourth-order valence-corrected chi connectivity index (χ4v) is 3.09. The minimum absolute atomic E-state index is 0.0602. The number of likely N-dealkylation sites (tertiary alicyclic amines) is 1. The van der Waals surface area contributed by atoms with Crippen LogP contribution in [0.25, 0.3) is 0 Å². The minimum Gasteiger partial charge on any atom is -0.382 e. The van der Waals surface area contributed by atoms with Crippen LogP contribution in [0.4, 0.5) is 5.69 Å². The summed E-state index contributed by atoms with van der Waals surface area (Å²) in [6, 6.07) is 8.88. The van der Waals surface area contributed by atoms with Crippen molar-refractivity contribution in [3.8, 4) is 0 Å². The maximum absolute atomic E-state index is 12.3. The number of hydrogen-bond acceptors (Lipinski definition) is 3. The highest BCUT2D eigenvalue weighted by Gasteiger charge is 2.25. The van der Waals surface area contributed by atoms with E-state index in [0.29, 0.717) is 25.0 Å². The number of piperidine rings is 1. The van der Waals surface area contributed by atoms with Gasteiger partial charge in [-0.05, 0) is 49.8 Å². The monoisotopic (exact) mass is 346 g/mol. The molecule has 1 aromatic rings. The van der Waals surface area contributed by atoms with Crippen LogP contribution < -0.4 is 5.32 Å². The summed E-state index contributed by atoms with van der Waals surface area (Å²) in [5.74, 6) is 0.291. The number of benzene rings is 1. The van der Waals surface area contributed by atoms with Crippen molar-refractivity contribution in [1.29, 1.82) is 0 Å². The van der Waals surface area contributed by atoms with Crippen molar-refractivity contribution in [2.45, 2.75) is 72.6 Å². The molecule has 140 valence electrons. The molecule has 0 atom stereocenters. The molecule has 0 radical (unpaired) electrons. The Hall–Kier alpha value is -1.55. The van der Waals surface area contributed by atoms with Gasteiger partial charge in [0.25, 0.3) is 0 Å². The number of nitrogens with one attached hydrogen (secondary N) is 1. The van der Waals surface area contributed by atoms with E-state index in [9.17, 15) is 4.79 Å². The van der Waals surface area contributed by atoms with E-state index in [-0.39, 0.29) is 11.5 Å². The topological polar surface area (TPSA) is 41.6 Å². The van der Waals surface area contributed by atoms with Gasteiger partial charge in [0.2, 0.25) is 5.91 Å². The van der Waals surface area contributed by atoms with Crippen molar-refractivity contribution < 1.29 is 9.53 Å². The van der Waals surface area contributed by atoms with E-state index in [0.717, 1.165) is 31.6 Å². The second-order valence-electron chi connectivity index (χ2n) is 8.60. The van der Waals surface area contributed by atoms with Gasteiger partial charge in [0.05, 0.1) is 12.7 Å². The molecule has 0 aromatic heterocycles. The second-order valence-corrected chi connectivity index (χ2v) is 8.60. The van der Waals surface area contributed by atoms with E-state index >= 15 is 0 Å². The number of anilines is 1. The van der Waals surface area contributed by atoms with Crippen LogP contribution in [-0.2, 0) is 16.1 Å². The summed E-state index contributed by atoms with van der Waals surface area (Å²) in [5.41, 5.74) is 2.39. The largest absolute Gasteiger partial charge is 0.382 e. The number of amides is 1. The van der Waals surface area contributed by atoms with Crippen LogP contribution in [0, 0.1) is 5.41 Å². The van der Waals surface area contributed by atoms with E-state index in [1.165, 1.54) is 5.56 Å². The van der Waals surface area contributed by atoms with Gasteiger partial charge < -0.3 is 15.0 Å². The fraction of sp³-hybridized carbons (Fsp3) is 0.667. The summed E-state index contributed by atoms with van der Waals surface area (Å²) in [6.07, 6.45) is 2.88. The summed E-state index contributed by atoms with van der Waals surface area (Å²) in [4.78, 5) is 14.4. The van der Waals surface area contributed by atoms with Crippen LogP contribution in [0.2, 0.25) is 0 Å². The Morgan fingerprint density at radius 1 is 1.28 bits per heavy atom. The molecule has 4 heteroatoms. The van der Waals surface area contributed by atoms with E-state index in [1.54, 1.807) is 0 Å². The summed E-state index contributed by atoms with van der Waals surface area (Å²) < 4.78 is 5.68. The smallest absolute Gasteiger partial charge is 0.223 e. The molecule has 1 amide bonds. The lowest BCUT2D eigenvalue weighted by Gasteiger charge is -2.34. The van der Waals surface area contributed by atoms with Crippen molar-refractivity contribution >= 4 is 11.6 Å². The number of carbonyl (C=O) groups is 1. The fourth-order valence-electron chi connectivity index (χ4n) is 3.09. The lowest BCUT2D eigenvalue weighted by atomic mass is 9.91. The summed E-state index contributed by atoms with van der Waals surface area (Å²) >= 11 is 0. The van der Waals surface area contributed by atoms with Gasteiger partial charge in [-0.2, -0.15) is 0 Å². The van der Waals surface area contributed by atoms with Crippen molar-refractivity contribution in [2.24, 2.45) is 5.41 Å². The molecule has 0 unspecified atom stereocenters. The predicted octanol–water partition coefficient (Wildman–Crippen LogP) is 4.45. The molecule has 1 fully saturated rings. The number of ether oxygens (including phenoxy) is 1. The van der Waals surface area contributed by atoms with Gasteiger partial charge in [0.1, 0.15) is 0 Å². The molecule has 0 spiro atoms. The van der Waals surface area contributed by atoms with Gasteiger partial charge in [0.15, 0.2) is 0 Å². The Morgan fingerprint density at radius 2 is 1.96 bits per heavy atom. The van der Waals surface area contributed by atoms with Gasteiger partial charge in [-0.3, -0.25) is 4.79 Å². The summed E-state index contributed by atoms with van der Waals surface area (Å²) in [7, 11) is 0. The van der Waals surface area contributed by atoms with E-state index in [1.807, 2.05) is 4.90 Å². The molecular weight excluding hydrogens is 312 g/mol. The molecule has 4 nitrogen and oxygen atoms in total. The standard InChI is InChI=1S/C21H34N2O2/c1-16(2)25-15-17-7-6-8-19(13-17)22-18-9-11-23(12-10-18)20(24)14-21(3,4)5/h6-8,13,16,18,22H,9-12,14-15H2,1-5H3. The molecule has 25 heavy (non-hydrogen) atoms. The van der Waals surface area contributed by atoms with E-state index in [4.69, 9.17) is 4.74 Å². The van der Waals surface area contributed by atoms with Gasteiger partial charge in [-0.1, -0.05) is 32.9 Å². The average molecular weight is 347 g/mol. The van der Waals surface area contributed by atoms with Gasteiger partial charge >= 0.3 is 0 Å². The van der Waals surface area contributed by atoms with Crippen LogP contribution >= 0.6 is 0 Å². The van der Waals surface area contributed by atoms with Crippen molar-refractivity contribution in [2.75, 3.05) is 18.4 Å². The lowest BCUT2D eigenvalue weighted by Crippen LogP contribution is -2.43. The Labute approximate surface area is 152 Å². The molecule has 1 aliphatic rings. The predicted molar refractivity (Wildman–Crippen MR) is 104 cm³/mol. The Morgan fingerprint density at radius 3 is 2.56 bits per heavy atom. The highest BCUT2D eigenvalue weighted by molar-refractivity contribution is 5.76. The molecule has 0 saturated carbocycles. The molecule has 1 saturated heterocycles. The van der Waals surface area contributed by atoms with Crippen molar-refractivity contribution in [3.63, 3.8) is 0 Å². The van der Waals surface area contributed by atoms with Crippen LogP contribution in [-0.4, -0.2) is 36.0 Å². The molecule has 1 heterocycles. The van der Waals surface area contributed by atoms with E-state index < -0.39 is 0 Å². The molecular formula is C21H34N2O2. The Kier molecular flexibility index (Phi) is 6.88. The maximum Gasteiger partial charge on any atom is 0.223 e. The van der Waals surface area contributed by atoms with E-state index in [2.05, 4.69) is 64.2 Å². The summed E-state index contributed by atoms with van der Waals surface area (Å²) in [6.45, 7) is 12.8. The highest BCUT2D eigenvalue weighted by atomic mass is 16.5. The van der Waals surface area contributed by atoms with Crippen LogP contribution in [0.15, 0.2) is 24.3 Å². The normalized spacial score (nSPS) is 16.3. The van der Waals surface area contributed by atoms with Crippen LogP contribution in [0.5, 0.6) is 0 Å². The van der Waals surface area contributed by atoms with Gasteiger partial charge in [0, 0.05) is 31.2 Å². The quantitative estimate of drug-likeness (QED) is 0.827. The van der Waals surface area contributed by atoms with Crippen LogP contribution in [0.1, 0.15) is 59.4 Å². The summed E-state index contributed by atoms with van der Waals surface area (Å²) in [5, 5.41) is 3.62. The maximum atomic E-state index is 12.3. The van der Waals surface area contributed by atoms with Crippen molar-refractivity contribution in [1.82, 2.24) is 4.90 Å². The third-order valence-electron chi connectivity index (χ3n) is 4.41. The number of hydrogen-bond donors (Lipinski definition) is 1. The first kappa shape index (κ1) is 19.8. The SMILES string of the molecule is CC(C)OCc1cccc(NC2CCN(C(=O)CC(C)(C)C)CC2)c1. The van der Waals surface area contributed by atoms with Crippen LogP contribution in [0.3, 0.4) is 0 Å². The number of rotatable bonds is 6. The Bertz CT molecular complexity index is 555. The molecule has 0 aliphatic carbocycles. The minimum atomic E-state index is 0.0602. The molecule has 1 aromatic carbocycles. The first-order valence-electron chi connectivity index (χ1n) is 9.48. The van der Waals surface area contributed by atoms with Gasteiger partial charge in [-0.25, -0.2) is 0 Å². The van der Waals surface area contributed by atoms with Gasteiger partial charge in [-0.15, -0.1) is 0 Å². The molecule has 1 aliphatic heterocycles. The zero-order chi connectivity index (χ0) is 18.4. The molecule has 0 bridgehead atoms. The third-order valence-corrected chi connectivity index (χ3v) is 4.41. The zero-order valence-corrected chi connectivity index (χ0v) is 16.5. The second kappa shape index (κ2) is 8.70. The number of carbonyl (C=O) groups excluding carboxylic acids is 1. The first-order chi connectivity index (χ1) is 11.7.